The first kappa shape index (κ1) is 18.8. The van der Waals surface area contributed by atoms with Crippen LogP contribution in [0.2, 0.25) is 10.0 Å². The van der Waals surface area contributed by atoms with Crippen molar-refractivity contribution in [2.75, 3.05) is 11.1 Å². The van der Waals surface area contributed by atoms with Crippen LogP contribution in [0.25, 0.3) is 5.69 Å². The quantitative estimate of drug-likeness (QED) is 0.567. The van der Waals surface area contributed by atoms with Crippen LogP contribution in [0.1, 0.15) is 11.1 Å². The van der Waals surface area contributed by atoms with Crippen molar-refractivity contribution >= 4 is 46.6 Å². The lowest BCUT2D eigenvalue weighted by atomic mass is 10.1. The lowest BCUT2D eigenvalue weighted by Gasteiger charge is -2.12. The zero-order chi connectivity index (χ0) is 18.7. The summed E-state index contributed by atoms with van der Waals surface area (Å²) < 4.78 is 1.90. The van der Waals surface area contributed by atoms with E-state index < -0.39 is 0 Å². The summed E-state index contributed by atoms with van der Waals surface area (Å²) in [6.45, 7) is 3.89. The fourth-order valence-corrected chi connectivity index (χ4v) is 3.92. The molecule has 1 N–H and O–H groups in total. The van der Waals surface area contributed by atoms with E-state index >= 15 is 0 Å². The van der Waals surface area contributed by atoms with Gasteiger partial charge in [-0.15, -0.1) is 0 Å². The van der Waals surface area contributed by atoms with Gasteiger partial charge in [-0.3, -0.25) is 9.36 Å². The molecule has 0 spiro atoms. The lowest BCUT2D eigenvalue weighted by molar-refractivity contribution is -0.113. The Labute approximate surface area is 166 Å². The molecule has 3 aromatic rings. The number of hydrogen-bond donors (Lipinski definition) is 1. The molecule has 1 heterocycles. The topological polar surface area (TPSA) is 46.9 Å². The Bertz CT molecular complexity index is 932. The predicted molar refractivity (Wildman–Crippen MR) is 109 cm³/mol. The van der Waals surface area contributed by atoms with Gasteiger partial charge in [0.2, 0.25) is 5.91 Å². The molecule has 1 amide bonds. The summed E-state index contributed by atoms with van der Waals surface area (Å²) in [7, 11) is 0. The molecule has 3 rings (SSSR count). The average Bonchev–Trinajstić information content (AvgIpc) is 3.05. The Balaban J connectivity index is 1.69. The third-order valence-electron chi connectivity index (χ3n) is 3.72. The highest BCUT2D eigenvalue weighted by Gasteiger charge is 2.12. The predicted octanol–water partition coefficient (Wildman–Crippen LogP) is 5.53. The number of aromatic nitrogens is 2. The molecule has 7 heteroatoms. The number of rotatable bonds is 5. The minimum atomic E-state index is -0.135. The molecule has 0 radical (unpaired) electrons. The lowest BCUT2D eigenvalue weighted by Crippen LogP contribution is -2.15. The molecule has 0 atom stereocenters. The highest BCUT2D eigenvalue weighted by atomic mass is 35.5. The van der Waals surface area contributed by atoms with Gasteiger partial charge >= 0.3 is 0 Å². The number of nitrogens with zero attached hydrogens (tertiary/aromatic N) is 2. The number of aryl methyl sites for hydroxylation is 2. The number of nitrogens with one attached hydrogen (secondary N) is 1. The molecule has 0 saturated heterocycles. The van der Waals surface area contributed by atoms with Gasteiger partial charge in [-0.2, -0.15) is 0 Å². The maximum atomic E-state index is 12.4. The first-order valence-corrected chi connectivity index (χ1v) is 9.67. The molecule has 4 nitrogen and oxygen atoms in total. The summed E-state index contributed by atoms with van der Waals surface area (Å²) in [4.78, 5) is 16.7. The van der Waals surface area contributed by atoms with Gasteiger partial charge in [0, 0.05) is 23.1 Å². The van der Waals surface area contributed by atoms with Gasteiger partial charge in [0.25, 0.3) is 0 Å². The number of amides is 1. The summed E-state index contributed by atoms with van der Waals surface area (Å²) in [6, 6.07) is 11.3. The third-order valence-corrected chi connectivity index (χ3v) is 5.22. The van der Waals surface area contributed by atoms with E-state index in [4.69, 9.17) is 23.2 Å². The number of thioether (sulfide) groups is 1. The van der Waals surface area contributed by atoms with Crippen LogP contribution < -0.4 is 5.32 Å². The Morgan fingerprint density at radius 2 is 2.04 bits per heavy atom. The number of hydrogen-bond acceptors (Lipinski definition) is 3. The normalized spacial score (nSPS) is 10.8. The van der Waals surface area contributed by atoms with Crippen molar-refractivity contribution in [1.82, 2.24) is 9.55 Å². The SMILES string of the molecule is Cc1cc(C)c(NC(=O)CSc2nccn2-c2cccc(Cl)c2)c(Cl)c1. The summed E-state index contributed by atoms with van der Waals surface area (Å²) in [5.41, 5.74) is 3.55. The number of carbonyl (C=O) groups excluding carboxylic acids is 1. The minimum absolute atomic E-state index is 0.135. The third kappa shape index (κ3) is 4.41. The second kappa shape index (κ2) is 8.16. The number of carbonyl (C=O) groups is 1. The number of halogens is 2. The van der Waals surface area contributed by atoms with E-state index in [1.54, 1.807) is 6.20 Å². The fourth-order valence-electron chi connectivity index (χ4n) is 2.60. The van der Waals surface area contributed by atoms with E-state index in [0.717, 1.165) is 16.8 Å². The van der Waals surface area contributed by atoms with E-state index in [2.05, 4.69) is 10.3 Å². The fraction of sp³-hybridized carbons (Fsp3) is 0.158. The van der Waals surface area contributed by atoms with Gasteiger partial charge in [-0.1, -0.05) is 47.1 Å². The van der Waals surface area contributed by atoms with Crippen molar-refractivity contribution in [1.29, 1.82) is 0 Å². The minimum Gasteiger partial charge on any atom is -0.324 e. The van der Waals surface area contributed by atoms with Crippen molar-refractivity contribution in [3.8, 4) is 5.69 Å². The summed E-state index contributed by atoms with van der Waals surface area (Å²) in [6.07, 6.45) is 3.54. The molecule has 0 saturated carbocycles. The maximum absolute atomic E-state index is 12.4. The molecular formula is C19H17Cl2N3OS. The summed E-state index contributed by atoms with van der Waals surface area (Å²) in [5.74, 6) is 0.0887. The molecule has 134 valence electrons. The first-order chi connectivity index (χ1) is 12.4. The standard InChI is InChI=1S/C19H17Cl2N3OS/c1-12-8-13(2)18(16(21)9-12)23-17(25)11-26-19-22-6-7-24(19)15-5-3-4-14(20)10-15/h3-10H,11H2,1-2H3,(H,23,25). The van der Waals surface area contributed by atoms with E-state index in [-0.39, 0.29) is 11.7 Å². The maximum Gasteiger partial charge on any atom is 0.234 e. The Hall–Kier alpha value is -1.95. The summed E-state index contributed by atoms with van der Waals surface area (Å²) >= 11 is 13.7. The van der Waals surface area contributed by atoms with E-state index in [1.165, 1.54) is 11.8 Å². The van der Waals surface area contributed by atoms with Gasteiger partial charge in [-0.25, -0.2) is 4.98 Å². The van der Waals surface area contributed by atoms with Crippen LogP contribution in [0.5, 0.6) is 0 Å². The van der Waals surface area contributed by atoms with Crippen LogP contribution in [-0.2, 0) is 4.79 Å². The zero-order valence-corrected chi connectivity index (χ0v) is 16.6. The second-order valence-electron chi connectivity index (χ2n) is 5.84. The van der Waals surface area contributed by atoms with Crippen LogP contribution in [-0.4, -0.2) is 21.2 Å². The van der Waals surface area contributed by atoms with Crippen LogP contribution in [0, 0.1) is 13.8 Å². The Kier molecular flexibility index (Phi) is 5.91. The van der Waals surface area contributed by atoms with Gasteiger partial charge in [0.15, 0.2) is 5.16 Å². The Morgan fingerprint density at radius 1 is 1.23 bits per heavy atom. The zero-order valence-electron chi connectivity index (χ0n) is 14.3. The molecule has 0 aliphatic rings. The van der Waals surface area contributed by atoms with Crippen LogP contribution in [0.15, 0.2) is 53.9 Å². The molecule has 0 aliphatic carbocycles. The van der Waals surface area contributed by atoms with E-state index in [1.807, 2.05) is 61.0 Å². The van der Waals surface area contributed by atoms with Crippen molar-refractivity contribution < 1.29 is 4.79 Å². The summed E-state index contributed by atoms with van der Waals surface area (Å²) in [5, 5.41) is 4.79. The number of benzene rings is 2. The number of imidazole rings is 1. The van der Waals surface area contributed by atoms with Crippen LogP contribution >= 0.6 is 35.0 Å². The molecular weight excluding hydrogens is 389 g/mol. The highest BCUT2D eigenvalue weighted by Crippen LogP contribution is 2.28. The van der Waals surface area contributed by atoms with Crippen molar-refractivity contribution in [2.45, 2.75) is 19.0 Å². The van der Waals surface area contributed by atoms with Gasteiger partial charge in [0.1, 0.15) is 0 Å². The van der Waals surface area contributed by atoms with Crippen LogP contribution in [0.3, 0.4) is 0 Å². The molecule has 26 heavy (non-hydrogen) atoms. The smallest absolute Gasteiger partial charge is 0.234 e. The van der Waals surface area contributed by atoms with E-state index in [9.17, 15) is 4.79 Å². The van der Waals surface area contributed by atoms with Crippen LogP contribution in [0.4, 0.5) is 5.69 Å². The van der Waals surface area contributed by atoms with Gasteiger partial charge in [-0.05, 0) is 49.2 Å². The van der Waals surface area contributed by atoms with Crippen molar-refractivity contribution in [2.24, 2.45) is 0 Å². The number of anilines is 1. The molecule has 2 aromatic carbocycles. The van der Waals surface area contributed by atoms with Crippen molar-refractivity contribution in [3.63, 3.8) is 0 Å². The van der Waals surface area contributed by atoms with E-state index in [0.29, 0.717) is 20.9 Å². The molecule has 1 aromatic heterocycles. The molecule has 0 aliphatic heterocycles. The average molecular weight is 406 g/mol. The highest BCUT2D eigenvalue weighted by molar-refractivity contribution is 7.99. The monoisotopic (exact) mass is 405 g/mol. The van der Waals surface area contributed by atoms with Crippen molar-refractivity contribution in [3.05, 3.63) is 70.0 Å². The molecule has 0 unspecified atom stereocenters. The first-order valence-electron chi connectivity index (χ1n) is 7.93. The Morgan fingerprint density at radius 3 is 2.77 bits per heavy atom. The molecule has 0 fully saturated rings. The molecule has 0 bridgehead atoms. The van der Waals surface area contributed by atoms with Gasteiger partial charge in [0.05, 0.1) is 16.5 Å². The largest absolute Gasteiger partial charge is 0.324 e. The van der Waals surface area contributed by atoms with Gasteiger partial charge < -0.3 is 5.32 Å². The second-order valence-corrected chi connectivity index (χ2v) is 7.62.